The number of nitrogen functional groups attached to an aromatic ring is 1. The van der Waals surface area contributed by atoms with Crippen molar-refractivity contribution in [2.45, 2.75) is 6.42 Å². The quantitative estimate of drug-likeness (QED) is 0.707. The topological polar surface area (TPSA) is 97.9 Å². The lowest BCUT2D eigenvalue weighted by Gasteiger charge is -2.07. The molecule has 0 aliphatic carbocycles. The van der Waals surface area contributed by atoms with E-state index >= 15 is 0 Å². The lowest BCUT2D eigenvalue weighted by Crippen LogP contribution is -2.30. The van der Waals surface area contributed by atoms with Gasteiger partial charge in [-0.3, -0.25) is 0 Å². The van der Waals surface area contributed by atoms with Crippen LogP contribution in [0.25, 0.3) is 0 Å². The lowest BCUT2D eigenvalue weighted by atomic mass is 10.3. The van der Waals surface area contributed by atoms with Crippen LogP contribution in [0.3, 0.4) is 0 Å². The highest BCUT2D eigenvalue weighted by Crippen LogP contribution is 2.09. The molecule has 2 amide bonds. The summed E-state index contributed by atoms with van der Waals surface area (Å²) in [4.78, 5) is 11.6. The molecular weight excluding hydrogens is 244 g/mol. The van der Waals surface area contributed by atoms with Crippen molar-refractivity contribution in [3.63, 3.8) is 0 Å². The monoisotopic (exact) mass is 260 g/mol. The van der Waals surface area contributed by atoms with Crippen molar-refractivity contribution < 1.29 is 4.79 Å². The molecule has 100 valence electrons. The molecule has 1 aromatic heterocycles. The van der Waals surface area contributed by atoms with Crippen LogP contribution in [0.1, 0.15) is 5.82 Å². The number of nitrogens with zero attached hydrogens (tertiary/aromatic N) is 3. The third-order valence-electron chi connectivity index (χ3n) is 2.61. The fourth-order valence-corrected chi connectivity index (χ4v) is 1.56. The number of benzene rings is 1. The van der Waals surface area contributed by atoms with Crippen LogP contribution in [0, 0.1) is 0 Å². The largest absolute Gasteiger partial charge is 0.399 e. The molecule has 0 spiro atoms. The zero-order valence-electron chi connectivity index (χ0n) is 10.6. The predicted molar refractivity (Wildman–Crippen MR) is 72.6 cm³/mol. The first-order valence-electron chi connectivity index (χ1n) is 5.88. The van der Waals surface area contributed by atoms with Gasteiger partial charge < -0.3 is 20.9 Å². The van der Waals surface area contributed by atoms with Gasteiger partial charge in [-0.2, -0.15) is 0 Å². The number of carbonyl (C=O) groups is 1. The second kappa shape index (κ2) is 5.85. The van der Waals surface area contributed by atoms with Crippen LogP contribution < -0.4 is 16.4 Å². The van der Waals surface area contributed by atoms with Gasteiger partial charge in [-0.25, -0.2) is 4.79 Å². The molecule has 19 heavy (non-hydrogen) atoms. The zero-order valence-corrected chi connectivity index (χ0v) is 10.6. The minimum absolute atomic E-state index is 0.257. The zero-order chi connectivity index (χ0) is 13.7. The van der Waals surface area contributed by atoms with Crippen molar-refractivity contribution in [2.24, 2.45) is 7.05 Å². The van der Waals surface area contributed by atoms with Crippen molar-refractivity contribution in [2.75, 3.05) is 17.6 Å². The summed E-state index contributed by atoms with van der Waals surface area (Å²) in [6.07, 6.45) is 2.26. The first kappa shape index (κ1) is 12.9. The Bertz CT molecular complexity index is 548. The second-order valence-corrected chi connectivity index (χ2v) is 4.11. The van der Waals surface area contributed by atoms with Crippen LogP contribution in [0.15, 0.2) is 30.6 Å². The Morgan fingerprint density at radius 1 is 1.37 bits per heavy atom. The van der Waals surface area contributed by atoms with Gasteiger partial charge in [0.2, 0.25) is 0 Å². The molecular formula is C12H16N6O. The van der Waals surface area contributed by atoms with Gasteiger partial charge in [0.05, 0.1) is 0 Å². The number of carbonyl (C=O) groups excluding carboxylic acids is 1. The van der Waals surface area contributed by atoms with Crippen molar-refractivity contribution in [1.82, 2.24) is 20.1 Å². The summed E-state index contributed by atoms with van der Waals surface area (Å²) >= 11 is 0. The number of aryl methyl sites for hydroxylation is 1. The Kier molecular flexibility index (Phi) is 3.97. The Hall–Kier alpha value is -2.57. The first-order chi connectivity index (χ1) is 9.15. The third kappa shape index (κ3) is 3.70. The van der Waals surface area contributed by atoms with Gasteiger partial charge in [0.15, 0.2) is 0 Å². The van der Waals surface area contributed by atoms with Gasteiger partial charge in [-0.05, 0) is 24.3 Å². The molecule has 0 aliphatic heterocycles. The summed E-state index contributed by atoms with van der Waals surface area (Å²) in [6, 6.07) is 6.70. The fraction of sp³-hybridized carbons (Fsp3) is 0.250. The molecule has 0 atom stereocenters. The lowest BCUT2D eigenvalue weighted by molar-refractivity contribution is 0.252. The van der Waals surface area contributed by atoms with E-state index in [4.69, 9.17) is 5.73 Å². The molecule has 7 heteroatoms. The molecule has 0 bridgehead atoms. The van der Waals surface area contributed by atoms with E-state index in [0.29, 0.717) is 24.3 Å². The molecule has 0 unspecified atom stereocenters. The molecule has 0 radical (unpaired) electrons. The van der Waals surface area contributed by atoms with Crippen LogP contribution in [-0.4, -0.2) is 27.3 Å². The minimum Gasteiger partial charge on any atom is -0.399 e. The van der Waals surface area contributed by atoms with Gasteiger partial charge >= 0.3 is 6.03 Å². The Morgan fingerprint density at radius 2 is 2.11 bits per heavy atom. The summed E-state index contributed by atoms with van der Waals surface area (Å²) in [5.74, 6) is 0.827. The van der Waals surface area contributed by atoms with Crippen molar-refractivity contribution in [3.05, 3.63) is 36.4 Å². The van der Waals surface area contributed by atoms with E-state index in [1.807, 2.05) is 11.6 Å². The molecule has 1 aromatic carbocycles. The predicted octanol–water partition coefficient (Wildman–Crippen LogP) is 0.761. The number of amides is 2. The van der Waals surface area contributed by atoms with Crippen LogP contribution >= 0.6 is 0 Å². The van der Waals surface area contributed by atoms with Crippen molar-refractivity contribution in [3.8, 4) is 0 Å². The van der Waals surface area contributed by atoms with E-state index in [0.717, 1.165) is 5.82 Å². The molecule has 0 saturated heterocycles. The average molecular weight is 260 g/mol. The maximum atomic E-state index is 11.6. The molecule has 0 fully saturated rings. The Labute approximate surface area is 110 Å². The van der Waals surface area contributed by atoms with E-state index in [1.165, 1.54) is 0 Å². The highest BCUT2D eigenvalue weighted by molar-refractivity contribution is 5.89. The van der Waals surface area contributed by atoms with E-state index in [2.05, 4.69) is 20.8 Å². The smallest absolute Gasteiger partial charge is 0.319 e. The highest BCUT2D eigenvalue weighted by atomic mass is 16.2. The first-order valence-corrected chi connectivity index (χ1v) is 5.88. The molecule has 2 aromatic rings. The number of nitrogens with one attached hydrogen (secondary N) is 2. The molecule has 0 saturated carbocycles. The molecule has 4 N–H and O–H groups in total. The van der Waals surface area contributed by atoms with E-state index in [9.17, 15) is 4.79 Å². The number of hydrogen-bond donors (Lipinski definition) is 3. The summed E-state index contributed by atoms with van der Waals surface area (Å²) in [6.45, 7) is 0.493. The van der Waals surface area contributed by atoms with E-state index < -0.39 is 0 Å². The maximum Gasteiger partial charge on any atom is 0.319 e. The van der Waals surface area contributed by atoms with E-state index in [1.54, 1.807) is 30.6 Å². The number of rotatable bonds is 4. The van der Waals surface area contributed by atoms with Crippen LogP contribution in [0.2, 0.25) is 0 Å². The molecule has 1 heterocycles. The summed E-state index contributed by atoms with van der Waals surface area (Å²) in [5.41, 5.74) is 6.92. The number of urea groups is 1. The Morgan fingerprint density at radius 3 is 2.74 bits per heavy atom. The van der Waals surface area contributed by atoms with Gasteiger partial charge in [0.25, 0.3) is 0 Å². The number of aromatic nitrogens is 3. The van der Waals surface area contributed by atoms with Crippen molar-refractivity contribution in [1.29, 1.82) is 0 Å². The van der Waals surface area contributed by atoms with Crippen LogP contribution in [0.4, 0.5) is 16.2 Å². The van der Waals surface area contributed by atoms with Crippen LogP contribution in [-0.2, 0) is 13.5 Å². The molecule has 7 nitrogen and oxygen atoms in total. The summed E-state index contributed by atoms with van der Waals surface area (Å²) in [7, 11) is 1.86. The molecule has 2 rings (SSSR count). The van der Waals surface area contributed by atoms with Gasteiger partial charge in [-0.15, -0.1) is 10.2 Å². The normalized spacial score (nSPS) is 10.2. The maximum absolute atomic E-state index is 11.6. The number of anilines is 2. The van der Waals surface area contributed by atoms with Gasteiger partial charge in [0, 0.05) is 31.4 Å². The third-order valence-corrected chi connectivity index (χ3v) is 2.61. The minimum atomic E-state index is -0.257. The standard InChI is InChI=1S/C12H16N6O/c1-18-8-15-17-11(18)6-7-14-12(19)16-10-4-2-9(13)3-5-10/h2-5,8H,6-7,13H2,1H3,(H2,14,16,19). The highest BCUT2D eigenvalue weighted by Gasteiger charge is 2.03. The Balaban J connectivity index is 1.76. The van der Waals surface area contributed by atoms with Crippen LogP contribution in [0.5, 0.6) is 0 Å². The average Bonchev–Trinajstić information content (AvgIpc) is 2.78. The SMILES string of the molecule is Cn1cnnc1CCNC(=O)Nc1ccc(N)cc1. The number of nitrogens with two attached hydrogens (primary N) is 1. The second-order valence-electron chi connectivity index (χ2n) is 4.11. The number of hydrogen-bond acceptors (Lipinski definition) is 4. The van der Waals surface area contributed by atoms with E-state index in [-0.39, 0.29) is 6.03 Å². The summed E-state index contributed by atoms with van der Waals surface area (Å²) < 4.78 is 1.82. The summed E-state index contributed by atoms with van der Waals surface area (Å²) in [5, 5.41) is 13.2. The molecule has 0 aliphatic rings. The van der Waals surface area contributed by atoms with Crippen molar-refractivity contribution >= 4 is 17.4 Å². The van der Waals surface area contributed by atoms with Gasteiger partial charge in [0.1, 0.15) is 12.2 Å². The fourth-order valence-electron chi connectivity index (χ4n) is 1.56. The van der Waals surface area contributed by atoms with Gasteiger partial charge in [-0.1, -0.05) is 0 Å².